The number of piperidine rings is 1. The standard InChI is InChI=1S/C18H26N4O.C11H14N2.C11H24N2.C11H16O2S.C10H20N2.C10H14O2S.C9H13N.C7H11NS/c1-18(2,3)22-10-6-9-20(11-12-22)17(23)13-21-14-19-15-7-4-5-8-16(15)21;1-11(2,3)13-8-12-9-6-4-5-7-10(9)13;1-11(2,3)13-8-6-10(7-9-13)12(4)5;1-9-5-7-10(8-6-9)14(12,13)11(2,3)4;1-10(2,3)12-7-8-5-9(12)6-11(8)4;1-10(2,3)13(11,12)9-7-5-4-6-8-9;1-9(2,3)8-6-4-5-7-10-8;1-7(2,3)6-4-9-5-8-6/h4-5,7-8,14H,6,9-13H2,1-3H3;4-8H,1-3H3;10H,6-9H2,1-5H3;5-8H,1-4H3;8-9H,5-7H2,1-4H3;4-8H,1-3H3;4-7H,1-3H3;4-5H,1-3H3. The van der Waals surface area contributed by atoms with Crippen molar-refractivity contribution < 1.29 is 21.6 Å². The Labute approximate surface area is 652 Å². The molecule has 17 nitrogen and oxygen atoms in total. The number of likely N-dealkylation sites (tertiary alicyclic amines) is 3. The third kappa shape index (κ3) is 27.6. The maximum Gasteiger partial charge on any atom is 0.242 e. The summed E-state index contributed by atoms with van der Waals surface area (Å²) >= 11 is 1.66. The normalized spacial score (nSPS) is 17.6. The summed E-state index contributed by atoms with van der Waals surface area (Å²) in [5, 5.41) is 2.10. The molecule has 107 heavy (non-hydrogen) atoms. The summed E-state index contributed by atoms with van der Waals surface area (Å²) in [6.07, 6.45) is 10.6. The number of amides is 1. The second kappa shape index (κ2) is 38.1. The minimum absolute atomic E-state index is 0.107. The highest BCUT2D eigenvalue weighted by atomic mass is 32.2. The van der Waals surface area contributed by atoms with Gasteiger partial charge in [-0.25, -0.2) is 31.8 Å². The van der Waals surface area contributed by atoms with E-state index in [4.69, 9.17) is 0 Å². The van der Waals surface area contributed by atoms with Gasteiger partial charge in [0.1, 0.15) is 6.54 Å². The molecule has 4 aromatic heterocycles. The van der Waals surface area contributed by atoms with Crippen molar-refractivity contribution >= 4 is 59.0 Å². The molecule has 2 bridgehead atoms. The Morgan fingerprint density at radius 3 is 1.42 bits per heavy atom. The van der Waals surface area contributed by atoms with E-state index < -0.39 is 29.2 Å². The lowest BCUT2D eigenvalue weighted by Crippen LogP contribution is -2.52. The monoisotopic (exact) mass is 1530 g/mol. The quantitative estimate of drug-likeness (QED) is 0.160. The minimum atomic E-state index is -3.19. The largest absolute Gasteiger partial charge is 0.340 e. The highest BCUT2D eigenvalue weighted by molar-refractivity contribution is 7.93. The number of benzene rings is 4. The Kier molecular flexibility index (Phi) is 32.6. The SMILES string of the molecule is CC(C)(C)N1CCCN(C(=O)Cn2cnc3ccccc32)CC1.CC(C)(C)S(=O)(=O)c1ccccc1.CC(C)(C)c1ccccn1.CC(C)(C)c1cscn1.CC(C)(C)n1cnc2ccccc21.CN(C)C1CCN(C(C)(C)C)CC1.CN1CC2CC1CN2C(C)(C)C.Cc1ccc(S(=O)(=O)C(C)(C)C)cc1. The molecule has 20 heteroatoms. The van der Waals surface area contributed by atoms with Gasteiger partial charge >= 0.3 is 0 Å². The Hall–Kier alpha value is -6.23. The number of piperazine rings is 1. The number of fused-ring (bicyclic) bond motifs is 4. The Balaban J connectivity index is 0.000000223. The first-order valence-corrected chi connectivity index (χ1v) is 42.3. The molecule has 4 aromatic carbocycles. The van der Waals surface area contributed by atoms with E-state index in [1.54, 1.807) is 95.6 Å². The van der Waals surface area contributed by atoms with E-state index in [9.17, 15) is 21.6 Å². The number of para-hydroxylation sites is 4. The summed E-state index contributed by atoms with van der Waals surface area (Å²) in [6.45, 7) is 61.4. The van der Waals surface area contributed by atoms with Gasteiger partial charge in [-0.15, -0.1) is 11.3 Å². The van der Waals surface area contributed by atoms with Crippen LogP contribution in [-0.4, -0.2) is 199 Å². The van der Waals surface area contributed by atoms with Gasteiger partial charge in [0.2, 0.25) is 5.91 Å². The molecular formula is C87H138N12O5S3. The molecule has 0 aliphatic carbocycles. The van der Waals surface area contributed by atoms with Gasteiger partial charge in [0.15, 0.2) is 19.7 Å². The predicted molar refractivity (Wildman–Crippen MR) is 452 cm³/mol. The fraction of sp³-hybridized carbons (Fsp3) is 0.598. The molecule has 594 valence electrons. The zero-order chi connectivity index (χ0) is 80.5. The number of imidazole rings is 2. The lowest BCUT2D eigenvalue weighted by atomic mass is 9.92. The van der Waals surface area contributed by atoms with Crippen molar-refractivity contribution in [1.29, 1.82) is 0 Å². The Bertz CT molecular complexity index is 4170. The summed E-state index contributed by atoms with van der Waals surface area (Å²) in [6, 6.07) is 40.1. The lowest BCUT2D eigenvalue weighted by molar-refractivity contribution is -0.131. The van der Waals surface area contributed by atoms with Crippen LogP contribution in [0.3, 0.4) is 0 Å². The van der Waals surface area contributed by atoms with Gasteiger partial charge in [-0.3, -0.25) is 24.5 Å². The number of pyridine rings is 1. The van der Waals surface area contributed by atoms with Crippen molar-refractivity contribution in [3.8, 4) is 0 Å². The van der Waals surface area contributed by atoms with Gasteiger partial charge in [-0.2, -0.15) is 0 Å². The molecule has 0 saturated carbocycles. The Morgan fingerprint density at radius 1 is 0.495 bits per heavy atom. The summed E-state index contributed by atoms with van der Waals surface area (Å²) in [5.41, 5.74) is 10.9. The van der Waals surface area contributed by atoms with E-state index in [0.29, 0.717) is 27.4 Å². The molecule has 4 fully saturated rings. The van der Waals surface area contributed by atoms with E-state index in [0.717, 1.165) is 78.5 Å². The van der Waals surface area contributed by atoms with Crippen molar-refractivity contribution in [3.05, 3.63) is 168 Å². The van der Waals surface area contributed by atoms with Crippen LogP contribution in [0.5, 0.6) is 0 Å². The molecule has 4 aliphatic heterocycles. The van der Waals surface area contributed by atoms with Crippen molar-refractivity contribution in [2.75, 3.05) is 73.5 Å². The van der Waals surface area contributed by atoms with E-state index in [2.05, 4.69) is 212 Å². The zero-order valence-corrected chi connectivity index (χ0v) is 73.4. The molecule has 4 saturated heterocycles. The molecule has 1 amide bonds. The number of rotatable bonds is 5. The average molecular weight is 1530 g/mol. The topological polar surface area (TPSA) is 166 Å². The van der Waals surface area contributed by atoms with Crippen LogP contribution in [0.25, 0.3) is 22.1 Å². The van der Waals surface area contributed by atoms with Crippen molar-refractivity contribution in [2.45, 2.75) is 276 Å². The van der Waals surface area contributed by atoms with Crippen LogP contribution >= 0.6 is 11.3 Å². The number of nitrogens with zero attached hydrogens (tertiary/aromatic N) is 12. The van der Waals surface area contributed by atoms with Gasteiger partial charge in [0.05, 0.1) is 65.2 Å². The third-order valence-electron chi connectivity index (χ3n) is 20.0. The molecule has 8 heterocycles. The van der Waals surface area contributed by atoms with Gasteiger partial charge in [0, 0.05) is 121 Å². The molecule has 12 rings (SSSR count). The number of likely N-dealkylation sites (N-methyl/N-ethyl adjacent to an activating group) is 1. The molecule has 4 aliphatic rings. The van der Waals surface area contributed by atoms with E-state index in [1.807, 2.05) is 107 Å². The summed E-state index contributed by atoms with van der Waals surface area (Å²) < 4.78 is 50.3. The van der Waals surface area contributed by atoms with Crippen LogP contribution in [0.15, 0.2) is 161 Å². The average Bonchev–Trinajstić information content (AvgIpc) is 1.67. The number of carbonyl (C=O) groups is 1. The second-order valence-electron chi connectivity index (χ2n) is 37.1. The number of hydrogen-bond acceptors (Lipinski definition) is 15. The van der Waals surface area contributed by atoms with Crippen LogP contribution in [0.4, 0.5) is 0 Å². The maximum atomic E-state index is 12.7. The highest BCUT2D eigenvalue weighted by Crippen LogP contribution is 2.35. The minimum Gasteiger partial charge on any atom is -0.340 e. The zero-order valence-electron chi connectivity index (χ0n) is 71.0. The maximum absolute atomic E-state index is 12.7. The number of thiazole rings is 1. The summed E-state index contributed by atoms with van der Waals surface area (Å²) in [5.74, 6) is 0.184. The van der Waals surface area contributed by atoms with Crippen LogP contribution in [-0.2, 0) is 47.4 Å². The molecule has 8 aromatic rings. The molecule has 0 radical (unpaired) electrons. The van der Waals surface area contributed by atoms with Crippen LogP contribution in [0.2, 0.25) is 0 Å². The molecule has 2 unspecified atom stereocenters. The molecule has 2 atom stereocenters. The number of hydrogen-bond donors (Lipinski definition) is 0. The van der Waals surface area contributed by atoms with E-state index >= 15 is 0 Å². The van der Waals surface area contributed by atoms with Crippen molar-refractivity contribution in [3.63, 3.8) is 0 Å². The van der Waals surface area contributed by atoms with Gasteiger partial charge in [-0.05, 0) is 239 Å². The smallest absolute Gasteiger partial charge is 0.242 e. The predicted octanol–water partition coefficient (Wildman–Crippen LogP) is 17.8. The highest BCUT2D eigenvalue weighted by Gasteiger charge is 2.45. The number of aryl methyl sites for hydroxylation is 1. The Morgan fingerprint density at radius 2 is 0.991 bits per heavy atom. The second-order valence-corrected chi connectivity index (χ2v) is 43.3. The lowest BCUT2D eigenvalue weighted by Gasteiger charge is -2.42. The van der Waals surface area contributed by atoms with Crippen LogP contribution in [0, 0.1) is 6.92 Å². The van der Waals surface area contributed by atoms with Gasteiger partial charge in [0.25, 0.3) is 0 Å². The molecule has 0 N–H and O–H groups in total. The van der Waals surface area contributed by atoms with E-state index in [-0.39, 0.29) is 27.8 Å². The van der Waals surface area contributed by atoms with Gasteiger partial charge < -0.3 is 23.8 Å². The number of aromatic nitrogens is 6. The third-order valence-corrected chi connectivity index (χ3v) is 25.6. The van der Waals surface area contributed by atoms with Crippen molar-refractivity contribution in [2.24, 2.45) is 0 Å². The van der Waals surface area contributed by atoms with E-state index in [1.165, 1.54) is 56.7 Å². The first kappa shape index (κ1) is 91.4. The van der Waals surface area contributed by atoms with Crippen LogP contribution in [0.1, 0.15) is 209 Å². The molecule has 0 spiro atoms. The fourth-order valence-corrected chi connectivity index (χ4v) is 16.1. The summed E-state index contributed by atoms with van der Waals surface area (Å²) in [4.78, 5) is 45.2. The molecular weight excluding hydrogens is 1390 g/mol. The first-order valence-electron chi connectivity index (χ1n) is 38.4. The number of carbonyl (C=O) groups excluding carboxylic acids is 1. The van der Waals surface area contributed by atoms with Crippen LogP contribution < -0.4 is 0 Å². The first-order chi connectivity index (χ1) is 49.2. The summed E-state index contributed by atoms with van der Waals surface area (Å²) in [7, 11) is 0.269. The number of sulfone groups is 2. The van der Waals surface area contributed by atoms with Gasteiger partial charge in [-0.1, -0.05) is 108 Å². The fourth-order valence-electron chi connectivity index (χ4n) is 12.9. The van der Waals surface area contributed by atoms with Crippen molar-refractivity contribution in [1.82, 2.24) is 58.5 Å².